The summed E-state index contributed by atoms with van der Waals surface area (Å²) in [6.45, 7) is 1.13. The highest BCUT2D eigenvalue weighted by molar-refractivity contribution is 7.98. The van der Waals surface area contributed by atoms with Crippen LogP contribution in [0.2, 0.25) is 0 Å². The SMILES string of the molecule is OCC1CCCN1c1cncc(SCc2ccccc2)n1. The van der Waals surface area contributed by atoms with Gasteiger partial charge in [0.25, 0.3) is 0 Å². The minimum Gasteiger partial charge on any atom is -0.394 e. The molecule has 1 fully saturated rings. The maximum absolute atomic E-state index is 9.42. The summed E-state index contributed by atoms with van der Waals surface area (Å²) in [7, 11) is 0. The number of hydrogen-bond acceptors (Lipinski definition) is 5. The number of benzene rings is 1. The van der Waals surface area contributed by atoms with Crippen LogP contribution in [0, 0.1) is 0 Å². The molecule has 1 unspecified atom stereocenters. The molecule has 0 saturated carbocycles. The van der Waals surface area contributed by atoms with Crippen LogP contribution in [0.3, 0.4) is 0 Å². The molecule has 0 radical (unpaired) electrons. The van der Waals surface area contributed by atoms with E-state index in [-0.39, 0.29) is 12.6 Å². The number of aliphatic hydroxyl groups excluding tert-OH is 1. The number of nitrogens with zero attached hydrogens (tertiary/aromatic N) is 3. The summed E-state index contributed by atoms with van der Waals surface area (Å²) in [5.74, 6) is 1.77. The molecule has 0 amide bonds. The highest BCUT2D eigenvalue weighted by atomic mass is 32.2. The van der Waals surface area contributed by atoms with Crippen molar-refractivity contribution < 1.29 is 5.11 Å². The van der Waals surface area contributed by atoms with Gasteiger partial charge in [-0.25, -0.2) is 4.98 Å². The number of aliphatic hydroxyl groups is 1. The van der Waals surface area contributed by atoms with Gasteiger partial charge in [0.05, 0.1) is 25.0 Å². The lowest BCUT2D eigenvalue weighted by Gasteiger charge is -2.23. The molecule has 3 rings (SSSR count). The number of thioether (sulfide) groups is 1. The lowest BCUT2D eigenvalue weighted by atomic mass is 10.2. The second-order valence-electron chi connectivity index (χ2n) is 5.16. The minimum atomic E-state index is 0.184. The van der Waals surface area contributed by atoms with Crippen LogP contribution in [0.5, 0.6) is 0 Å². The van der Waals surface area contributed by atoms with E-state index < -0.39 is 0 Å². The third-order valence-electron chi connectivity index (χ3n) is 3.71. The Balaban J connectivity index is 1.68. The van der Waals surface area contributed by atoms with Crippen molar-refractivity contribution in [3.63, 3.8) is 0 Å². The molecule has 1 N–H and O–H groups in total. The molecule has 5 heteroatoms. The quantitative estimate of drug-likeness (QED) is 0.861. The standard InChI is InChI=1S/C16H19N3OS/c20-11-14-7-4-8-19(14)15-9-17-10-16(18-15)21-12-13-5-2-1-3-6-13/h1-3,5-6,9-10,14,20H,4,7-8,11-12H2. The summed E-state index contributed by atoms with van der Waals surface area (Å²) < 4.78 is 0. The molecule has 2 aromatic rings. The fourth-order valence-corrected chi connectivity index (χ4v) is 3.41. The first kappa shape index (κ1) is 14.4. The van der Waals surface area contributed by atoms with Crippen LogP contribution in [0.1, 0.15) is 18.4 Å². The number of rotatable bonds is 5. The van der Waals surface area contributed by atoms with Crippen LogP contribution in [-0.2, 0) is 5.75 Å². The van der Waals surface area contributed by atoms with Crippen LogP contribution in [0.4, 0.5) is 5.82 Å². The van der Waals surface area contributed by atoms with Gasteiger partial charge in [0.2, 0.25) is 0 Å². The molecular weight excluding hydrogens is 282 g/mol. The minimum absolute atomic E-state index is 0.184. The van der Waals surface area contributed by atoms with Gasteiger partial charge < -0.3 is 10.0 Å². The van der Waals surface area contributed by atoms with Crippen LogP contribution < -0.4 is 4.90 Å². The topological polar surface area (TPSA) is 49.2 Å². The van der Waals surface area contributed by atoms with Crippen molar-refractivity contribution >= 4 is 17.6 Å². The molecule has 0 bridgehead atoms. The number of hydrogen-bond donors (Lipinski definition) is 1. The third-order valence-corrected chi connectivity index (χ3v) is 4.68. The summed E-state index contributed by atoms with van der Waals surface area (Å²) in [5, 5.41) is 10.4. The average Bonchev–Trinajstić information content (AvgIpc) is 3.03. The molecule has 0 spiro atoms. The van der Waals surface area contributed by atoms with Gasteiger partial charge in [-0.05, 0) is 18.4 Å². The molecule has 0 aliphatic carbocycles. The lowest BCUT2D eigenvalue weighted by Crippen LogP contribution is -2.32. The van der Waals surface area contributed by atoms with E-state index in [1.165, 1.54) is 5.56 Å². The zero-order valence-corrected chi connectivity index (χ0v) is 12.7. The molecule has 1 saturated heterocycles. The largest absolute Gasteiger partial charge is 0.394 e. The maximum atomic E-state index is 9.42. The monoisotopic (exact) mass is 301 g/mol. The molecular formula is C16H19N3OS. The van der Waals surface area contributed by atoms with Gasteiger partial charge in [-0.2, -0.15) is 0 Å². The van der Waals surface area contributed by atoms with Crippen molar-refractivity contribution in [1.29, 1.82) is 0 Å². The van der Waals surface area contributed by atoms with E-state index in [4.69, 9.17) is 0 Å². The predicted octanol–water partition coefficient (Wildman–Crippen LogP) is 2.73. The van der Waals surface area contributed by atoms with Crippen molar-refractivity contribution in [2.24, 2.45) is 0 Å². The second kappa shape index (κ2) is 6.91. The Labute approximate surface area is 129 Å². The van der Waals surface area contributed by atoms with E-state index in [2.05, 4.69) is 27.0 Å². The van der Waals surface area contributed by atoms with Crippen molar-refractivity contribution in [1.82, 2.24) is 9.97 Å². The Morgan fingerprint density at radius 2 is 2.10 bits per heavy atom. The molecule has 110 valence electrons. The molecule has 1 aliphatic rings. The van der Waals surface area contributed by atoms with Gasteiger partial charge in [0, 0.05) is 12.3 Å². The van der Waals surface area contributed by atoms with Gasteiger partial charge in [-0.1, -0.05) is 30.3 Å². The highest BCUT2D eigenvalue weighted by Crippen LogP contribution is 2.26. The second-order valence-corrected chi connectivity index (χ2v) is 6.16. The van der Waals surface area contributed by atoms with Crippen molar-refractivity contribution in [3.05, 3.63) is 48.3 Å². The Morgan fingerprint density at radius 1 is 1.24 bits per heavy atom. The Bertz CT molecular complexity index is 579. The first-order chi connectivity index (χ1) is 10.4. The Hall–Kier alpha value is -1.59. The van der Waals surface area contributed by atoms with Crippen LogP contribution in [0.15, 0.2) is 47.8 Å². The fraction of sp³-hybridized carbons (Fsp3) is 0.375. The number of aromatic nitrogens is 2. The summed E-state index contributed by atoms with van der Waals surface area (Å²) in [5.41, 5.74) is 1.28. The molecule has 1 aliphatic heterocycles. The first-order valence-corrected chi connectivity index (χ1v) is 8.21. The van der Waals surface area contributed by atoms with E-state index in [0.717, 1.165) is 36.0 Å². The average molecular weight is 301 g/mol. The highest BCUT2D eigenvalue weighted by Gasteiger charge is 2.25. The Morgan fingerprint density at radius 3 is 2.90 bits per heavy atom. The van der Waals surface area contributed by atoms with E-state index in [1.54, 1.807) is 24.2 Å². The summed E-state index contributed by atoms with van der Waals surface area (Å²) in [6, 6.07) is 10.5. The molecule has 2 heterocycles. The number of anilines is 1. The van der Waals surface area contributed by atoms with Gasteiger partial charge in [-0.3, -0.25) is 4.98 Å². The summed E-state index contributed by atoms with van der Waals surface area (Å²) in [4.78, 5) is 11.2. The molecule has 1 atom stereocenters. The van der Waals surface area contributed by atoms with Gasteiger partial charge in [0.15, 0.2) is 0 Å². The zero-order valence-electron chi connectivity index (χ0n) is 11.9. The van der Waals surface area contributed by atoms with Crippen LogP contribution in [-0.4, -0.2) is 34.3 Å². The van der Waals surface area contributed by atoms with Crippen LogP contribution >= 0.6 is 11.8 Å². The van der Waals surface area contributed by atoms with Crippen molar-refractivity contribution in [3.8, 4) is 0 Å². The Kier molecular flexibility index (Phi) is 4.72. The van der Waals surface area contributed by atoms with Crippen molar-refractivity contribution in [2.45, 2.75) is 29.7 Å². The van der Waals surface area contributed by atoms with Gasteiger partial charge in [-0.15, -0.1) is 11.8 Å². The molecule has 1 aromatic heterocycles. The van der Waals surface area contributed by atoms with E-state index >= 15 is 0 Å². The molecule has 1 aromatic carbocycles. The zero-order chi connectivity index (χ0) is 14.5. The molecule has 21 heavy (non-hydrogen) atoms. The summed E-state index contributed by atoms with van der Waals surface area (Å²) >= 11 is 1.69. The smallest absolute Gasteiger partial charge is 0.148 e. The van der Waals surface area contributed by atoms with Gasteiger partial charge in [0.1, 0.15) is 10.8 Å². The lowest BCUT2D eigenvalue weighted by molar-refractivity contribution is 0.266. The maximum Gasteiger partial charge on any atom is 0.148 e. The van der Waals surface area contributed by atoms with Crippen molar-refractivity contribution in [2.75, 3.05) is 18.1 Å². The van der Waals surface area contributed by atoms with Gasteiger partial charge >= 0.3 is 0 Å². The summed E-state index contributed by atoms with van der Waals surface area (Å²) in [6.07, 6.45) is 5.73. The molecule has 4 nitrogen and oxygen atoms in total. The van der Waals surface area contributed by atoms with Crippen LogP contribution in [0.25, 0.3) is 0 Å². The predicted molar refractivity (Wildman–Crippen MR) is 85.5 cm³/mol. The van der Waals surface area contributed by atoms with E-state index in [1.807, 2.05) is 18.2 Å². The fourth-order valence-electron chi connectivity index (χ4n) is 2.60. The normalized spacial score (nSPS) is 18.1. The van der Waals surface area contributed by atoms with E-state index in [0.29, 0.717) is 0 Å². The third kappa shape index (κ3) is 3.54. The van der Waals surface area contributed by atoms with E-state index in [9.17, 15) is 5.11 Å². The first-order valence-electron chi connectivity index (χ1n) is 7.23.